The Labute approximate surface area is 113 Å². The number of hydrazine groups is 1. The lowest BCUT2D eigenvalue weighted by atomic mass is 10.2. The number of aromatic hydroxyl groups is 1. The summed E-state index contributed by atoms with van der Waals surface area (Å²) in [5.41, 5.74) is 3.78. The summed E-state index contributed by atoms with van der Waals surface area (Å²) in [5, 5.41) is 18.3. The molecule has 0 bridgehead atoms. The van der Waals surface area contributed by atoms with E-state index in [-0.39, 0.29) is 5.75 Å². The van der Waals surface area contributed by atoms with Crippen LogP contribution in [0.2, 0.25) is 0 Å². The fourth-order valence-electron chi connectivity index (χ4n) is 1.94. The van der Waals surface area contributed by atoms with Gasteiger partial charge in [-0.05, 0) is 24.3 Å². The van der Waals surface area contributed by atoms with Gasteiger partial charge in [-0.2, -0.15) is 0 Å². The van der Waals surface area contributed by atoms with Crippen molar-refractivity contribution >= 4 is 16.9 Å². The second-order valence-corrected chi connectivity index (χ2v) is 4.12. The number of rotatable bonds is 2. The zero-order valence-corrected chi connectivity index (χ0v) is 10.3. The zero-order chi connectivity index (χ0) is 14.1. The van der Waals surface area contributed by atoms with E-state index in [1.807, 2.05) is 0 Å². The van der Waals surface area contributed by atoms with Gasteiger partial charge in [0.05, 0.1) is 5.56 Å². The normalized spacial score (nSPS) is 10.7. The van der Waals surface area contributed by atoms with Gasteiger partial charge in [-0.1, -0.05) is 18.2 Å². The number of nitrogen functional groups attached to an aromatic ring is 1. The van der Waals surface area contributed by atoms with E-state index in [1.54, 1.807) is 36.4 Å². The highest BCUT2D eigenvalue weighted by Gasteiger charge is 2.14. The standard InChI is InChI=1S/C13H11N5O2/c14-15-13(20)8-4-3-5-9-12(8)17-18(16-9)10-6-1-2-7-11(10)19/h1-7,19H,14H2,(H,15,20). The van der Waals surface area contributed by atoms with E-state index >= 15 is 0 Å². The van der Waals surface area contributed by atoms with Crippen molar-refractivity contribution in [3.63, 3.8) is 0 Å². The Kier molecular flexibility index (Phi) is 2.81. The topological polar surface area (TPSA) is 106 Å². The van der Waals surface area contributed by atoms with Crippen LogP contribution < -0.4 is 11.3 Å². The molecule has 0 saturated carbocycles. The molecule has 0 unspecified atom stereocenters. The lowest BCUT2D eigenvalue weighted by Crippen LogP contribution is -2.30. The molecule has 0 aliphatic rings. The summed E-state index contributed by atoms with van der Waals surface area (Å²) in [5.74, 6) is 4.75. The van der Waals surface area contributed by atoms with Crippen molar-refractivity contribution in [2.75, 3.05) is 0 Å². The van der Waals surface area contributed by atoms with E-state index in [1.165, 1.54) is 10.9 Å². The number of nitrogens with one attached hydrogen (secondary N) is 1. The quantitative estimate of drug-likeness (QED) is 0.361. The number of phenols is 1. The number of fused-ring (bicyclic) bond motifs is 1. The van der Waals surface area contributed by atoms with Crippen molar-refractivity contribution in [2.45, 2.75) is 0 Å². The zero-order valence-electron chi connectivity index (χ0n) is 10.3. The minimum atomic E-state index is -0.445. The molecule has 0 radical (unpaired) electrons. The number of aromatic nitrogens is 3. The average Bonchev–Trinajstić information content (AvgIpc) is 2.90. The number of nitrogens with two attached hydrogens (primary N) is 1. The minimum Gasteiger partial charge on any atom is -0.506 e. The first kappa shape index (κ1) is 12.1. The molecular formula is C13H11N5O2. The van der Waals surface area contributed by atoms with E-state index in [0.29, 0.717) is 22.3 Å². The van der Waals surface area contributed by atoms with Crippen molar-refractivity contribution in [3.8, 4) is 11.4 Å². The highest BCUT2D eigenvalue weighted by atomic mass is 16.3. The summed E-state index contributed by atoms with van der Waals surface area (Å²) in [6, 6.07) is 11.7. The molecule has 0 aliphatic carbocycles. The summed E-state index contributed by atoms with van der Waals surface area (Å²) in [6.07, 6.45) is 0. The molecule has 0 saturated heterocycles. The monoisotopic (exact) mass is 269 g/mol. The highest BCUT2D eigenvalue weighted by molar-refractivity contribution is 6.04. The lowest BCUT2D eigenvalue weighted by Gasteiger charge is -2.01. The third-order valence-corrected chi connectivity index (χ3v) is 2.88. The molecule has 0 atom stereocenters. The molecule has 0 aliphatic heterocycles. The summed E-state index contributed by atoms with van der Waals surface area (Å²) in [4.78, 5) is 13.0. The predicted molar refractivity (Wildman–Crippen MR) is 72.2 cm³/mol. The molecule has 1 heterocycles. The van der Waals surface area contributed by atoms with Gasteiger partial charge in [-0.25, -0.2) is 5.84 Å². The Bertz CT molecular complexity index is 796. The molecule has 0 spiro atoms. The fraction of sp³-hybridized carbons (Fsp3) is 0. The summed E-state index contributed by atoms with van der Waals surface area (Å²) in [6.45, 7) is 0. The average molecular weight is 269 g/mol. The van der Waals surface area contributed by atoms with Gasteiger partial charge in [-0.3, -0.25) is 10.2 Å². The Morgan fingerprint density at radius 3 is 2.70 bits per heavy atom. The van der Waals surface area contributed by atoms with Crippen molar-refractivity contribution in [1.29, 1.82) is 0 Å². The molecule has 7 nitrogen and oxygen atoms in total. The number of amides is 1. The van der Waals surface area contributed by atoms with E-state index in [4.69, 9.17) is 5.84 Å². The largest absolute Gasteiger partial charge is 0.506 e. The molecule has 2 aromatic carbocycles. The molecule has 3 aromatic rings. The SMILES string of the molecule is NNC(=O)c1cccc2nn(-c3ccccc3O)nc12. The van der Waals surface area contributed by atoms with Crippen LogP contribution in [0.3, 0.4) is 0 Å². The van der Waals surface area contributed by atoms with Gasteiger partial charge in [0.25, 0.3) is 5.91 Å². The fourth-order valence-corrected chi connectivity index (χ4v) is 1.94. The smallest absolute Gasteiger partial charge is 0.267 e. The second kappa shape index (κ2) is 4.63. The first-order valence-corrected chi connectivity index (χ1v) is 5.86. The lowest BCUT2D eigenvalue weighted by molar-refractivity contribution is 0.0955. The van der Waals surface area contributed by atoms with Crippen molar-refractivity contribution < 1.29 is 9.90 Å². The van der Waals surface area contributed by atoms with Gasteiger partial charge in [0.15, 0.2) is 0 Å². The van der Waals surface area contributed by atoms with Gasteiger partial charge in [0.1, 0.15) is 22.5 Å². The van der Waals surface area contributed by atoms with Crippen LogP contribution in [-0.2, 0) is 0 Å². The van der Waals surface area contributed by atoms with Crippen LogP contribution in [-0.4, -0.2) is 26.0 Å². The van der Waals surface area contributed by atoms with Crippen LogP contribution in [0.15, 0.2) is 42.5 Å². The van der Waals surface area contributed by atoms with Gasteiger partial charge < -0.3 is 5.11 Å². The molecule has 0 fully saturated rings. The number of hydrogen-bond donors (Lipinski definition) is 3. The molecule has 4 N–H and O–H groups in total. The molecular weight excluding hydrogens is 258 g/mol. The Morgan fingerprint density at radius 1 is 1.15 bits per heavy atom. The van der Waals surface area contributed by atoms with E-state index in [2.05, 4.69) is 15.6 Å². The first-order valence-electron chi connectivity index (χ1n) is 5.86. The van der Waals surface area contributed by atoms with Crippen LogP contribution in [0, 0.1) is 0 Å². The van der Waals surface area contributed by atoms with Gasteiger partial charge >= 0.3 is 0 Å². The summed E-state index contributed by atoms with van der Waals surface area (Å²) < 4.78 is 0. The van der Waals surface area contributed by atoms with Crippen LogP contribution in [0.4, 0.5) is 0 Å². The molecule has 20 heavy (non-hydrogen) atoms. The number of hydrogen-bond acceptors (Lipinski definition) is 5. The summed E-state index contributed by atoms with van der Waals surface area (Å²) in [7, 11) is 0. The van der Waals surface area contributed by atoms with Crippen molar-refractivity contribution in [3.05, 3.63) is 48.0 Å². The molecule has 1 amide bonds. The van der Waals surface area contributed by atoms with Crippen LogP contribution in [0.1, 0.15) is 10.4 Å². The maximum absolute atomic E-state index is 11.7. The van der Waals surface area contributed by atoms with E-state index in [0.717, 1.165) is 0 Å². The predicted octanol–water partition coefficient (Wildman–Crippen LogP) is 0.730. The van der Waals surface area contributed by atoms with E-state index < -0.39 is 5.91 Å². The van der Waals surface area contributed by atoms with Crippen molar-refractivity contribution in [2.24, 2.45) is 5.84 Å². The Morgan fingerprint density at radius 2 is 1.95 bits per heavy atom. The van der Waals surface area contributed by atoms with Gasteiger partial charge in [0.2, 0.25) is 0 Å². The van der Waals surface area contributed by atoms with E-state index in [9.17, 15) is 9.90 Å². The minimum absolute atomic E-state index is 0.0534. The maximum atomic E-state index is 11.7. The molecule has 7 heteroatoms. The first-order chi connectivity index (χ1) is 9.70. The number of phenolic OH excluding ortho intramolecular Hbond substituents is 1. The Hall–Kier alpha value is -2.93. The third-order valence-electron chi connectivity index (χ3n) is 2.88. The van der Waals surface area contributed by atoms with Crippen LogP contribution >= 0.6 is 0 Å². The third kappa shape index (κ3) is 1.86. The van der Waals surface area contributed by atoms with Crippen LogP contribution in [0.25, 0.3) is 16.7 Å². The second-order valence-electron chi connectivity index (χ2n) is 4.12. The number of para-hydroxylation sites is 2. The maximum Gasteiger partial charge on any atom is 0.267 e. The molecule has 1 aromatic heterocycles. The van der Waals surface area contributed by atoms with Crippen LogP contribution in [0.5, 0.6) is 5.75 Å². The number of benzene rings is 2. The summed E-state index contributed by atoms with van der Waals surface area (Å²) >= 11 is 0. The molecule has 3 rings (SSSR count). The Balaban J connectivity index is 2.21. The molecule has 100 valence electrons. The van der Waals surface area contributed by atoms with Crippen molar-refractivity contribution in [1.82, 2.24) is 20.4 Å². The number of carbonyl (C=O) groups excluding carboxylic acids is 1. The van der Waals surface area contributed by atoms with Gasteiger partial charge in [-0.15, -0.1) is 15.0 Å². The number of carbonyl (C=O) groups is 1. The van der Waals surface area contributed by atoms with Gasteiger partial charge in [0, 0.05) is 0 Å². The number of nitrogens with zero attached hydrogens (tertiary/aromatic N) is 3. The highest BCUT2D eigenvalue weighted by Crippen LogP contribution is 2.22.